The Morgan fingerprint density at radius 2 is 2.18 bits per heavy atom. The summed E-state index contributed by atoms with van der Waals surface area (Å²) in [5, 5.41) is 3.93. The first-order valence-electron chi connectivity index (χ1n) is 4.01. The second kappa shape index (κ2) is 4.34. The Balaban J connectivity index is 2.51. The molecule has 0 N–H and O–H groups in total. The molecule has 1 aliphatic rings. The lowest BCUT2D eigenvalue weighted by molar-refractivity contribution is 0.128. The number of methoxy groups -OCH3 is 1. The van der Waals surface area contributed by atoms with Gasteiger partial charge in [0.05, 0.1) is 11.8 Å². The predicted octanol–water partition coefficient (Wildman–Crippen LogP) is 1.58. The van der Waals surface area contributed by atoms with E-state index in [1.165, 1.54) is 12.8 Å². The highest BCUT2D eigenvalue weighted by Crippen LogP contribution is 2.17. The fourth-order valence-corrected chi connectivity index (χ4v) is 1.44. The fraction of sp³-hybridized carbons (Fsp3) is 0.875. The van der Waals surface area contributed by atoms with Crippen LogP contribution in [0.15, 0.2) is 5.16 Å². The minimum atomic E-state index is 0.198. The molecule has 0 saturated heterocycles. The van der Waals surface area contributed by atoms with E-state index in [0.29, 0.717) is 0 Å². The molecule has 1 rings (SSSR count). The summed E-state index contributed by atoms with van der Waals surface area (Å²) in [6.45, 7) is 0. The molecule has 1 fully saturated rings. The summed E-state index contributed by atoms with van der Waals surface area (Å²) in [6.07, 6.45) is 4.75. The third kappa shape index (κ3) is 2.19. The van der Waals surface area contributed by atoms with Crippen molar-refractivity contribution in [3.63, 3.8) is 0 Å². The van der Waals surface area contributed by atoms with Crippen LogP contribution >= 0.6 is 0 Å². The van der Waals surface area contributed by atoms with Gasteiger partial charge >= 0.3 is 0 Å². The van der Waals surface area contributed by atoms with Crippen molar-refractivity contribution in [2.45, 2.75) is 31.8 Å². The van der Waals surface area contributed by atoms with Crippen LogP contribution in [-0.2, 0) is 9.57 Å². The van der Waals surface area contributed by atoms with Crippen molar-refractivity contribution >= 4 is 5.71 Å². The summed E-state index contributed by atoms with van der Waals surface area (Å²) in [5.74, 6) is 0. The topological polar surface area (TPSA) is 30.8 Å². The zero-order valence-corrected chi connectivity index (χ0v) is 7.17. The summed E-state index contributed by atoms with van der Waals surface area (Å²) in [5.41, 5.74) is 1.06. The first kappa shape index (κ1) is 8.53. The Hall–Kier alpha value is -0.570. The van der Waals surface area contributed by atoms with E-state index in [0.717, 1.165) is 18.6 Å². The molecule has 1 unspecified atom stereocenters. The Morgan fingerprint density at radius 3 is 2.82 bits per heavy atom. The van der Waals surface area contributed by atoms with Crippen LogP contribution in [0.25, 0.3) is 0 Å². The molecular formula is C8H15NO2. The highest BCUT2D eigenvalue weighted by Gasteiger charge is 2.19. The van der Waals surface area contributed by atoms with E-state index >= 15 is 0 Å². The average Bonchev–Trinajstić information content (AvgIpc) is 2.06. The molecule has 0 heterocycles. The van der Waals surface area contributed by atoms with Gasteiger partial charge in [-0.1, -0.05) is 11.6 Å². The average molecular weight is 157 g/mol. The molecule has 3 nitrogen and oxygen atoms in total. The molecule has 0 aromatic heterocycles. The highest BCUT2D eigenvalue weighted by atomic mass is 16.6. The van der Waals surface area contributed by atoms with Gasteiger partial charge in [-0.05, 0) is 19.3 Å². The summed E-state index contributed by atoms with van der Waals surface area (Å²) in [4.78, 5) is 4.72. The number of hydrogen-bond donors (Lipinski definition) is 0. The predicted molar refractivity (Wildman–Crippen MR) is 43.7 cm³/mol. The molecule has 0 aromatic carbocycles. The molecule has 0 spiro atoms. The van der Waals surface area contributed by atoms with Crippen molar-refractivity contribution in [2.75, 3.05) is 14.2 Å². The van der Waals surface area contributed by atoms with E-state index < -0.39 is 0 Å². The van der Waals surface area contributed by atoms with Gasteiger partial charge in [0.1, 0.15) is 7.11 Å². The third-order valence-corrected chi connectivity index (χ3v) is 2.01. The van der Waals surface area contributed by atoms with Crippen molar-refractivity contribution in [3.8, 4) is 0 Å². The molecule has 1 atom stereocenters. The largest absolute Gasteiger partial charge is 0.399 e. The van der Waals surface area contributed by atoms with Crippen molar-refractivity contribution < 1.29 is 9.57 Å². The standard InChI is InChI=1S/C8H15NO2/c1-10-8-6-4-3-5-7(8)9-11-2/h8H,3-6H2,1-2H3/b9-7+. The molecule has 1 saturated carbocycles. The summed E-state index contributed by atoms with van der Waals surface area (Å²) in [6, 6.07) is 0. The Morgan fingerprint density at radius 1 is 1.36 bits per heavy atom. The van der Waals surface area contributed by atoms with Crippen LogP contribution in [0.4, 0.5) is 0 Å². The monoisotopic (exact) mass is 157 g/mol. The molecule has 0 aliphatic heterocycles. The van der Waals surface area contributed by atoms with E-state index in [-0.39, 0.29) is 6.10 Å². The van der Waals surface area contributed by atoms with Gasteiger partial charge in [-0.15, -0.1) is 0 Å². The molecular weight excluding hydrogens is 142 g/mol. The summed E-state index contributed by atoms with van der Waals surface area (Å²) >= 11 is 0. The minimum Gasteiger partial charge on any atom is -0.399 e. The normalized spacial score (nSPS) is 28.9. The SMILES string of the molecule is CO/N=C1\CCCCC1OC. The van der Waals surface area contributed by atoms with Gasteiger partial charge in [0.15, 0.2) is 0 Å². The van der Waals surface area contributed by atoms with Crippen LogP contribution < -0.4 is 0 Å². The van der Waals surface area contributed by atoms with Crippen LogP contribution in [0, 0.1) is 0 Å². The van der Waals surface area contributed by atoms with Crippen LogP contribution in [0.5, 0.6) is 0 Å². The maximum atomic E-state index is 5.25. The lowest BCUT2D eigenvalue weighted by Crippen LogP contribution is -2.26. The second-order valence-electron chi connectivity index (χ2n) is 2.74. The molecule has 64 valence electrons. The molecule has 11 heavy (non-hydrogen) atoms. The van der Waals surface area contributed by atoms with Gasteiger partial charge in [0.2, 0.25) is 0 Å². The van der Waals surface area contributed by atoms with Crippen molar-refractivity contribution in [3.05, 3.63) is 0 Å². The van der Waals surface area contributed by atoms with Gasteiger partial charge in [-0.2, -0.15) is 0 Å². The molecule has 1 aliphatic carbocycles. The van der Waals surface area contributed by atoms with Gasteiger partial charge in [0.25, 0.3) is 0 Å². The molecule has 0 radical (unpaired) electrons. The van der Waals surface area contributed by atoms with E-state index in [1.54, 1.807) is 14.2 Å². The smallest absolute Gasteiger partial charge is 0.106 e. The number of rotatable bonds is 2. The quantitative estimate of drug-likeness (QED) is 0.570. The number of hydrogen-bond acceptors (Lipinski definition) is 3. The molecule has 0 bridgehead atoms. The van der Waals surface area contributed by atoms with Crippen molar-refractivity contribution in [2.24, 2.45) is 5.16 Å². The number of ether oxygens (including phenoxy) is 1. The van der Waals surface area contributed by atoms with Crippen molar-refractivity contribution in [1.29, 1.82) is 0 Å². The van der Waals surface area contributed by atoms with Crippen LogP contribution in [0.2, 0.25) is 0 Å². The van der Waals surface area contributed by atoms with E-state index in [2.05, 4.69) is 5.16 Å². The second-order valence-corrected chi connectivity index (χ2v) is 2.74. The third-order valence-electron chi connectivity index (χ3n) is 2.01. The highest BCUT2D eigenvalue weighted by molar-refractivity contribution is 5.88. The van der Waals surface area contributed by atoms with Gasteiger partial charge < -0.3 is 9.57 Å². The van der Waals surface area contributed by atoms with Gasteiger partial charge in [-0.25, -0.2) is 0 Å². The van der Waals surface area contributed by atoms with E-state index in [1.807, 2.05) is 0 Å². The van der Waals surface area contributed by atoms with Gasteiger partial charge in [-0.3, -0.25) is 0 Å². The summed E-state index contributed by atoms with van der Waals surface area (Å²) in [7, 11) is 3.30. The van der Waals surface area contributed by atoms with Gasteiger partial charge in [0, 0.05) is 7.11 Å². The Labute approximate surface area is 67.4 Å². The van der Waals surface area contributed by atoms with Crippen LogP contribution in [-0.4, -0.2) is 26.0 Å². The minimum absolute atomic E-state index is 0.198. The first-order valence-corrected chi connectivity index (χ1v) is 4.01. The van der Waals surface area contributed by atoms with Crippen LogP contribution in [0.3, 0.4) is 0 Å². The first-order chi connectivity index (χ1) is 5.38. The Kier molecular flexibility index (Phi) is 3.36. The summed E-state index contributed by atoms with van der Waals surface area (Å²) < 4.78 is 5.25. The zero-order chi connectivity index (χ0) is 8.10. The lowest BCUT2D eigenvalue weighted by Gasteiger charge is -2.21. The van der Waals surface area contributed by atoms with Crippen LogP contribution in [0.1, 0.15) is 25.7 Å². The van der Waals surface area contributed by atoms with E-state index in [4.69, 9.17) is 9.57 Å². The van der Waals surface area contributed by atoms with Crippen molar-refractivity contribution in [1.82, 2.24) is 0 Å². The maximum Gasteiger partial charge on any atom is 0.106 e. The molecule has 0 amide bonds. The maximum absolute atomic E-state index is 5.25. The fourth-order valence-electron chi connectivity index (χ4n) is 1.44. The Bertz CT molecular complexity index is 145. The number of nitrogens with zero attached hydrogens (tertiary/aromatic N) is 1. The lowest BCUT2D eigenvalue weighted by atomic mass is 9.96. The zero-order valence-electron chi connectivity index (χ0n) is 7.17. The van der Waals surface area contributed by atoms with E-state index in [9.17, 15) is 0 Å². The molecule has 3 heteroatoms. The number of oxime groups is 1. The molecule has 0 aromatic rings.